The molecule has 0 aromatic rings. The predicted molar refractivity (Wildman–Crippen MR) is 297 cm³/mol. The first-order chi connectivity index (χ1) is 34.0. The van der Waals surface area contributed by atoms with Gasteiger partial charge in [-0.25, -0.2) is 0 Å². The first kappa shape index (κ1) is 64.5. The van der Waals surface area contributed by atoms with Crippen LogP contribution in [0.2, 0.25) is 0 Å². The third-order valence-electron chi connectivity index (χ3n) is 11.1. The molecular formula is C63H100O6. The zero-order valence-corrected chi connectivity index (χ0v) is 44.3. The highest BCUT2D eigenvalue weighted by molar-refractivity contribution is 5.71. The van der Waals surface area contributed by atoms with E-state index in [1.54, 1.807) is 0 Å². The van der Waals surface area contributed by atoms with Gasteiger partial charge in [0, 0.05) is 19.3 Å². The maximum absolute atomic E-state index is 12.8. The van der Waals surface area contributed by atoms with Gasteiger partial charge < -0.3 is 14.2 Å². The van der Waals surface area contributed by atoms with Crippen LogP contribution in [0.15, 0.2) is 134 Å². The zero-order chi connectivity index (χ0) is 50.0. The Morgan fingerprint density at radius 1 is 0.304 bits per heavy atom. The predicted octanol–water partition coefficient (Wildman–Crippen LogP) is 18.6. The summed E-state index contributed by atoms with van der Waals surface area (Å²) in [5.41, 5.74) is 0. The summed E-state index contributed by atoms with van der Waals surface area (Å²) in [5, 5.41) is 0. The average molecular weight is 953 g/mol. The second-order valence-electron chi connectivity index (χ2n) is 17.7. The Bertz CT molecular complexity index is 1510. The number of unbranched alkanes of at least 4 members (excludes halogenated alkanes) is 15. The van der Waals surface area contributed by atoms with Crippen LogP contribution in [0.25, 0.3) is 0 Å². The van der Waals surface area contributed by atoms with E-state index in [4.69, 9.17) is 14.2 Å². The minimum absolute atomic E-state index is 0.126. The minimum atomic E-state index is -0.838. The van der Waals surface area contributed by atoms with Gasteiger partial charge in [0.05, 0.1) is 0 Å². The molecule has 388 valence electrons. The summed E-state index contributed by atoms with van der Waals surface area (Å²) in [7, 11) is 0. The van der Waals surface area contributed by atoms with E-state index < -0.39 is 6.10 Å². The SMILES string of the molecule is CC/C=C/C/C=C/C/C=C/C/C=C/C/C=C/CCCC(=O)OC[C@@H](COC(=O)CCCCCCCCC/C=C/C/C=C/CCCCC)OC(=O)CCC/C=C/C/C=C/C/C=C/C/C=C/CCCCC. The summed E-state index contributed by atoms with van der Waals surface area (Å²) in [6.07, 6.45) is 78.7. The Balaban J connectivity index is 4.60. The van der Waals surface area contributed by atoms with Crippen LogP contribution in [0, 0.1) is 0 Å². The number of carbonyl (C=O) groups is 3. The number of allylic oxidation sites excluding steroid dienone is 22. The summed E-state index contributed by atoms with van der Waals surface area (Å²) in [5.74, 6) is -1.06. The highest BCUT2D eigenvalue weighted by Crippen LogP contribution is 2.12. The van der Waals surface area contributed by atoms with Crippen LogP contribution in [0.3, 0.4) is 0 Å². The number of hydrogen-bond donors (Lipinski definition) is 0. The quantitative estimate of drug-likeness (QED) is 0.0262. The number of rotatable bonds is 48. The summed E-state index contributed by atoms with van der Waals surface area (Å²) in [6, 6.07) is 0. The van der Waals surface area contributed by atoms with Gasteiger partial charge in [0.25, 0.3) is 0 Å². The van der Waals surface area contributed by atoms with Crippen molar-refractivity contribution in [3.05, 3.63) is 134 Å². The van der Waals surface area contributed by atoms with Crippen molar-refractivity contribution in [3.8, 4) is 0 Å². The minimum Gasteiger partial charge on any atom is -0.462 e. The summed E-state index contributed by atoms with van der Waals surface area (Å²) in [6.45, 7) is 6.36. The molecule has 1 atom stereocenters. The van der Waals surface area contributed by atoms with Gasteiger partial charge in [-0.15, -0.1) is 0 Å². The van der Waals surface area contributed by atoms with E-state index in [9.17, 15) is 14.4 Å². The molecule has 0 aliphatic carbocycles. The largest absolute Gasteiger partial charge is 0.462 e. The van der Waals surface area contributed by atoms with Crippen LogP contribution in [0.4, 0.5) is 0 Å². The van der Waals surface area contributed by atoms with Gasteiger partial charge in [-0.1, -0.05) is 212 Å². The maximum Gasteiger partial charge on any atom is 0.306 e. The number of carbonyl (C=O) groups excluding carboxylic acids is 3. The Labute approximate surface area is 424 Å². The molecule has 0 spiro atoms. The molecule has 0 aromatic carbocycles. The summed E-state index contributed by atoms with van der Waals surface area (Å²) >= 11 is 0. The fourth-order valence-corrected chi connectivity index (χ4v) is 6.97. The van der Waals surface area contributed by atoms with Gasteiger partial charge >= 0.3 is 17.9 Å². The third kappa shape index (κ3) is 54.4. The molecule has 0 amide bonds. The van der Waals surface area contributed by atoms with Gasteiger partial charge in [-0.05, 0) is 128 Å². The van der Waals surface area contributed by atoms with Crippen LogP contribution in [-0.2, 0) is 28.6 Å². The molecule has 6 heteroatoms. The van der Waals surface area contributed by atoms with E-state index in [1.165, 1.54) is 77.0 Å². The van der Waals surface area contributed by atoms with Crippen molar-refractivity contribution in [1.82, 2.24) is 0 Å². The van der Waals surface area contributed by atoms with E-state index in [1.807, 2.05) is 0 Å². The standard InChI is InChI=1S/C63H100O6/c1-4-7-10-13-16-19-22-25-28-31-34-37-40-43-46-49-52-55-61(64)67-58-60(69-63(66)57-54-51-48-45-42-39-36-33-30-27-24-21-18-15-12-9-6-3)59-68-62(65)56-53-50-47-44-41-38-35-32-29-26-23-20-17-14-11-8-5-2/h7,10,16-21,25-30,34,36-37,39,43,45-46,48,60H,4-6,8-9,11-15,22-24,31-33,35,38,40-42,44,47,49-59H2,1-3H3/b10-7+,19-16+,20-17+,21-18+,28-25+,29-26+,30-27+,37-34+,39-36+,46-43+,48-45+/t60-/m0/s1. The highest BCUT2D eigenvalue weighted by atomic mass is 16.6. The smallest absolute Gasteiger partial charge is 0.306 e. The van der Waals surface area contributed by atoms with Crippen LogP contribution in [0.1, 0.15) is 226 Å². The Morgan fingerprint density at radius 3 is 0.942 bits per heavy atom. The van der Waals surface area contributed by atoms with Gasteiger partial charge in [0.15, 0.2) is 6.10 Å². The molecule has 0 saturated heterocycles. The van der Waals surface area contributed by atoms with Gasteiger partial charge in [0.1, 0.15) is 13.2 Å². The van der Waals surface area contributed by atoms with Crippen molar-refractivity contribution >= 4 is 17.9 Å². The van der Waals surface area contributed by atoms with Crippen molar-refractivity contribution in [3.63, 3.8) is 0 Å². The second-order valence-corrected chi connectivity index (χ2v) is 17.7. The number of hydrogen-bond acceptors (Lipinski definition) is 6. The maximum atomic E-state index is 12.8. The molecule has 0 N–H and O–H groups in total. The van der Waals surface area contributed by atoms with Crippen molar-refractivity contribution in [1.29, 1.82) is 0 Å². The second kappa shape index (κ2) is 56.1. The molecule has 0 aliphatic rings. The topological polar surface area (TPSA) is 78.9 Å². The van der Waals surface area contributed by atoms with Crippen molar-refractivity contribution in [2.24, 2.45) is 0 Å². The fraction of sp³-hybridized carbons (Fsp3) is 0.603. The Morgan fingerprint density at radius 2 is 0.580 bits per heavy atom. The molecule has 6 nitrogen and oxygen atoms in total. The Hall–Kier alpha value is -4.45. The lowest BCUT2D eigenvalue weighted by molar-refractivity contribution is -0.167. The first-order valence-corrected chi connectivity index (χ1v) is 27.7. The van der Waals surface area contributed by atoms with Crippen molar-refractivity contribution in [2.75, 3.05) is 13.2 Å². The van der Waals surface area contributed by atoms with Crippen molar-refractivity contribution in [2.45, 2.75) is 232 Å². The van der Waals surface area contributed by atoms with E-state index in [2.05, 4.69) is 154 Å². The van der Waals surface area contributed by atoms with Crippen LogP contribution >= 0.6 is 0 Å². The fourth-order valence-electron chi connectivity index (χ4n) is 6.97. The molecule has 0 bridgehead atoms. The van der Waals surface area contributed by atoms with Gasteiger partial charge in [-0.3, -0.25) is 14.4 Å². The summed E-state index contributed by atoms with van der Waals surface area (Å²) < 4.78 is 16.7. The Kier molecular flexibility index (Phi) is 52.5. The van der Waals surface area contributed by atoms with Crippen molar-refractivity contribution < 1.29 is 28.6 Å². The van der Waals surface area contributed by atoms with Crippen LogP contribution < -0.4 is 0 Å². The lowest BCUT2D eigenvalue weighted by Crippen LogP contribution is -2.30. The highest BCUT2D eigenvalue weighted by Gasteiger charge is 2.19. The molecule has 0 radical (unpaired) electrons. The molecule has 0 heterocycles. The lowest BCUT2D eigenvalue weighted by Gasteiger charge is -2.18. The third-order valence-corrected chi connectivity index (χ3v) is 11.1. The molecular weight excluding hydrogens is 853 g/mol. The normalized spacial score (nSPS) is 13.1. The number of esters is 3. The van der Waals surface area contributed by atoms with Crippen LogP contribution in [0.5, 0.6) is 0 Å². The number of ether oxygens (including phenoxy) is 3. The monoisotopic (exact) mass is 953 g/mol. The van der Waals surface area contributed by atoms with E-state index >= 15 is 0 Å². The summed E-state index contributed by atoms with van der Waals surface area (Å²) in [4.78, 5) is 38.1. The zero-order valence-electron chi connectivity index (χ0n) is 44.3. The van der Waals surface area contributed by atoms with Crippen LogP contribution in [-0.4, -0.2) is 37.2 Å². The molecule has 69 heavy (non-hydrogen) atoms. The van der Waals surface area contributed by atoms with Gasteiger partial charge in [-0.2, -0.15) is 0 Å². The average Bonchev–Trinajstić information content (AvgIpc) is 3.35. The molecule has 0 saturated carbocycles. The molecule has 0 aliphatic heterocycles. The van der Waals surface area contributed by atoms with E-state index in [0.29, 0.717) is 19.3 Å². The molecule has 0 aromatic heterocycles. The molecule has 0 unspecified atom stereocenters. The first-order valence-electron chi connectivity index (χ1n) is 27.7. The lowest BCUT2D eigenvalue weighted by atomic mass is 10.1. The van der Waals surface area contributed by atoms with Gasteiger partial charge in [0.2, 0.25) is 0 Å². The molecule has 0 fully saturated rings. The molecule has 0 rings (SSSR count). The van der Waals surface area contributed by atoms with E-state index in [0.717, 1.165) is 96.3 Å². The van der Waals surface area contributed by atoms with E-state index in [-0.39, 0.29) is 44.0 Å².